The third kappa shape index (κ3) is 25.0. The number of phenolic OH excluding ortho intramolecular Hbond substituents is 3. The minimum Gasteiger partial charge on any atom is -0.508 e. The molecule has 4 N–H and O–H groups in total. The van der Waals surface area contributed by atoms with Crippen molar-refractivity contribution >= 4 is 0 Å². The first-order chi connectivity index (χ1) is 30.8. The van der Waals surface area contributed by atoms with Gasteiger partial charge in [0.2, 0.25) is 0 Å². The molecule has 0 aliphatic carbocycles. The number of aromatic hydroxyl groups is 3. The highest BCUT2D eigenvalue weighted by Crippen LogP contribution is 2.44. The van der Waals surface area contributed by atoms with Crippen molar-refractivity contribution in [2.24, 2.45) is 35.5 Å². The Kier molecular flexibility index (Phi) is 30.2. The molecule has 0 aromatic heterocycles. The first kappa shape index (κ1) is 60.6. The van der Waals surface area contributed by atoms with Gasteiger partial charge in [-0.1, -0.05) is 172 Å². The van der Waals surface area contributed by atoms with E-state index < -0.39 is 5.60 Å². The van der Waals surface area contributed by atoms with Gasteiger partial charge in [0.15, 0.2) is 0 Å². The maximum absolute atomic E-state index is 10.4. The highest BCUT2D eigenvalue weighted by molar-refractivity contribution is 5.58. The largest absolute Gasteiger partial charge is 0.508 e. The second-order valence-electron chi connectivity index (χ2n) is 22.5. The van der Waals surface area contributed by atoms with Crippen molar-refractivity contribution in [3.8, 4) is 23.0 Å². The van der Waals surface area contributed by atoms with Crippen LogP contribution in [0.15, 0.2) is 6.07 Å². The molecule has 0 bridgehead atoms. The molecule has 6 unspecified atom stereocenters. The van der Waals surface area contributed by atoms with Gasteiger partial charge < -0.3 is 25.2 Å². The minimum absolute atomic E-state index is 0.0712. The van der Waals surface area contributed by atoms with E-state index in [9.17, 15) is 20.4 Å². The van der Waals surface area contributed by atoms with E-state index >= 15 is 0 Å². The van der Waals surface area contributed by atoms with Crippen molar-refractivity contribution in [1.29, 1.82) is 0 Å². The molecule has 1 aliphatic rings. The van der Waals surface area contributed by atoms with Crippen LogP contribution in [0.4, 0.5) is 0 Å². The molecule has 5 heteroatoms. The van der Waals surface area contributed by atoms with Crippen molar-refractivity contribution in [3.05, 3.63) is 45.0 Å². The predicted molar refractivity (Wildman–Crippen MR) is 285 cm³/mol. The number of ether oxygens (including phenoxy) is 1. The Hall–Kier alpha value is -2.40. The lowest BCUT2D eigenvalue weighted by Gasteiger charge is -2.38. The van der Waals surface area contributed by atoms with Crippen molar-refractivity contribution < 1.29 is 26.5 Å². The molecular formula is C60H110O5. The summed E-state index contributed by atoms with van der Waals surface area (Å²) < 4.78 is 12.8. The zero-order valence-electron chi connectivity index (χ0n) is 47.3. The number of hydrogen-bond acceptors (Lipinski definition) is 5. The van der Waals surface area contributed by atoms with E-state index in [1.54, 1.807) is 33.8 Å². The molecule has 3 rings (SSSR count). The van der Waals surface area contributed by atoms with Gasteiger partial charge in [-0.15, -0.1) is 0 Å². The summed E-state index contributed by atoms with van der Waals surface area (Å²) >= 11 is 0. The molecule has 0 amide bonds. The monoisotopic (exact) mass is 913 g/mol. The lowest BCUT2D eigenvalue weighted by Crippen LogP contribution is -2.37. The summed E-state index contributed by atoms with van der Waals surface area (Å²) in [6, 6.07) is 1.57. The molecule has 0 saturated heterocycles. The van der Waals surface area contributed by atoms with E-state index in [0.717, 1.165) is 101 Å². The standard InChI is InChI=1S/C29H50O2.C20H42O.C9H12O2.C2H6/c1-20(2)12-9-13-21(3)14-10-15-22(4)16-11-18-29(8)19-17-26-25(7)27(30)23(5)24(6)28(26)31-29;1-7-20(6,21)16-10-15-19(5)14-9-13-18(4)12-8-11-17(2)3;1-5-4-8(10)6(2)7(3)9(5)11;1-2/h20-22,30H,9-19H2,1-8H3;17-19,21H,7-16H2,1-6H3;4,10-11H,1-3H3;1-2H3/i;;;1T. The minimum atomic E-state index is -0.440. The topological polar surface area (TPSA) is 90.2 Å². The van der Waals surface area contributed by atoms with Gasteiger partial charge in [-0.2, -0.15) is 0 Å². The average Bonchev–Trinajstić information content (AvgIpc) is 3.24. The summed E-state index contributed by atoms with van der Waals surface area (Å²) in [4.78, 5) is 0. The maximum Gasteiger partial charge on any atom is 0.127 e. The fraction of sp³-hybridized carbons (Fsp3) is 0.800. The molecule has 0 saturated carbocycles. The van der Waals surface area contributed by atoms with Gasteiger partial charge in [-0.25, -0.2) is 0 Å². The molecule has 6 atom stereocenters. The van der Waals surface area contributed by atoms with Crippen LogP contribution < -0.4 is 4.74 Å². The third-order valence-corrected chi connectivity index (χ3v) is 14.9. The fourth-order valence-corrected chi connectivity index (χ4v) is 9.31. The Labute approximate surface area is 406 Å². The summed E-state index contributed by atoms with van der Waals surface area (Å²) in [6.45, 7) is 39.1. The van der Waals surface area contributed by atoms with E-state index in [1.807, 2.05) is 20.8 Å². The van der Waals surface area contributed by atoms with Crippen LogP contribution in [0, 0.1) is 77.0 Å². The van der Waals surface area contributed by atoms with Crippen LogP contribution in [0.1, 0.15) is 259 Å². The Bertz CT molecular complexity index is 1570. The maximum atomic E-state index is 10.4. The van der Waals surface area contributed by atoms with Gasteiger partial charge >= 0.3 is 0 Å². The molecule has 1 heterocycles. The number of benzene rings is 2. The molecule has 65 heavy (non-hydrogen) atoms. The molecule has 0 fully saturated rings. The Balaban J connectivity index is 0.00000103. The Morgan fingerprint density at radius 3 is 1.45 bits per heavy atom. The number of fused-ring (bicyclic) bond motifs is 1. The van der Waals surface area contributed by atoms with E-state index in [-0.39, 0.29) is 17.1 Å². The Morgan fingerprint density at radius 2 is 1.02 bits per heavy atom. The predicted octanol–water partition coefficient (Wildman–Crippen LogP) is 18.5. The molecular weight excluding hydrogens is 801 g/mol. The quantitative estimate of drug-likeness (QED) is 0.0745. The van der Waals surface area contributed by atoms with Crippen LogP contribution >= 0.6 is 0 Å². The van der Waals surface area contributed by atoms with Crippen LogP contribution in [0.5, 0.6) is 23.0 Å². The van der Waals surface area contributed by atoms with Gasteiger partial charge in [0.25, 0.3) is 0 Å². The first-order valence-electron chi connectivity index (χ1n) is 27.5. The molecule has 380 valence electrons. The second-order valence-corrected chi connectivity index (χ2v) is 22.5. The van der Waals surface area contributed by atoms with Gasteiger partial charge in [0, 0.05) is 6.93 Å². The van der Waals surface area contributed by atoms with Gasteiger partial charge in [0.1, 0.15) is 28.6 Å². The van der Waals surface area contributed by atoms with E-state index in [0.29, 0.717) is 18.2 Å². The normalized spacial score (nSPS) is 17.5. The Morgan fingerprint density at radius 1 is 0.615 bits per heavy atom. The number of rotatable bonds is 25. The number of aryl methyl sites for hydroxylation is 1. The fourth-order valence-electron chi connectivity index (χ4n) is 9.31. The second kappa shape index (κ2) is 32.4. The van der Waals surface area contributed by atoms with Crippen molar-refractivity contribution in [2.45, 2.75) is 278 Å². The van der Waals surface area contributed by atoms with E-state index in [1.165, 1.54) is 108 Å². The summed E-state index contributed by atoms with van der Waals surface area (Å²) in [5.41, 5.74) is 6.00. The van der Waals surface area contributed by atoms with E-state index in [2.05, 4.69) is 76.2 Å². The lowest BCUT2D eigenvalue weighted by atomic mass is 9.84. The first-order valence-corrected chi connectivity index (χ1v) is 26.8. The molecule has 2 aromatic carbocycles. The van der Waals surface area contributed by atoms with Crippen LogP contribution in [0.25, 0.3) is 0 Å². The molecule has 2 aromatic rings. The summed E-state index contributed by atoms with van der Waals surface area (Å²) in [5.74, 6) is 7.14. The van der Waals surface area contributed by atoms with Crippen molar-refractivity contribution in [2.75, 3.05) is 0 Å². The smallest absolute Gasteiger partial charge is 0.127 e. The lowest BCUT2D eigenvalue weighted by molar-refractivity contribution is 0.0432. The highest BCUT2D eigenvalue weighted by atomic mass is 16.5. The number of aliphatic hydroxyl groups is 1. The van der Waals surface area contributed by atoms with Gasteiger partial charge in [-0.3, -0.25) is 0 Å². The van der Waals surface area contributed by atoms with Gasteiger partial charge in [-0.05, 0) is 169 Å². The molecule has 0 radical (unpaired) electrons. The molecule has 1 aliphatic heterocycles. The zero-order valence-corrected chi connectivity index (χ0v) is 46.3. The number of hydrogen-bond donors (Lipinski definition) is 4. The van der Waals surface area contributed by atoms with Crippen LogP contribution in [0.3, 0.4) is 0 Å². The highest BCUT2D eigenvalue weighted by Gasteiger charge is 2.34. The van der Waals surface area contributed by atoms with Crippen molar-refractivity contribution in [1.82, 2.24) is 0 Å². The summed E-state index contributed by atoms with van der Waals surface area (Å²) in [5, 5.41) is 39.1. The van der Waals surface area contributed by atoms with Crippen LogP contribution in [-0.4, -0.2) is 31.6 Å². The third-order valence-electron chi connectivity index (χ3n) is 14.9. The SMILES string of the molecule is CCC(C)(O)CCCC(C)CCCC(C)CCCC(C)C.Cc1c(C)c2c(c(C)c1O)CCC(C)(CCCC(C)CCCC(C)CCCC(C)C)O2.Cc1cc(O)c(C)c(C)c1O.[3H]CC. The van der Waals surface area contributed by atoms with Gasteiger partial charge in [0.05, 0.1) is 5.60 Å². The van der Waals surface area contributed by atoms with Crippen LogP contribution in [-0.2, 0) is 6.42 Å². The van der Waals surface area contributed by atoms with E-state index in [4.69, 9.17) is 6.11 Å². The zero-order chi connectivity index (χ0) is 50.8. The number of phenols is 3. The molecule has 0 spiro atoms. The molecule has 5 nitrogen and oxygen atoms in total. The van der Waals surface area contributed by atoms with Crippen LogP contribution in [0.2, 0.25) is 0 Å². The van der Waals surface area contributed by atoms with Crippen molar-refractivity contribution in [3.63, 3.8) is 0 Å². The summed E-state index contributed by atoms with van der Waals surface area (Å²) in [6.07, 6.45) is 26.7. The average molecular weight is 914 g/mol. The summed E-state index contributed by atoms with van der Waals surface area (Å²) in [7, 11) is 0.